The first kappa shape index (κ1) is 20.5. The van der Waals surface area contributed by atoms with Gasteiger partial charge in [-0.25, -0.2) is 8.42 Å². The predicted octanol–water partition coefficient (Wildman–Crippen LogP) is -1.33. The summed E-state index contributed by atoms with van der Waals surface area (Å²) in [6.45, 7) is 3.84. The van der Waals surface area contributed by atoms with E-state index in [9.17, 15) is 8.42 Å². The molecule has 4 nitrogen and oxygen atoms in total. The Morgan fingerprint density at radius 3 is 2.27 bits per heavy atom. The molecule has 0 aliphatic carbocycles. The summed E-state index contributed by atoms with van der Waals surface area (Å²) in [6.07, 6.45) is 6.57. The van der Waals surface area contributed by atoms with E-state index in [2.05, 4.69) is 29.5 Å². The first-order chi connectivity index (χ1) is 9.78. The standard InChI is InChI=1S/C16H21N2O2S.BrH/c1-5-7-13-18(3,12-6-2)14-15-8-10-16(11-9-15)17-21(4,19)20;/h2,8-11,17H,12-14H2,1,3-4H3;1H/q+1;/p-1. The summed E-state index contributed by atoms with van der Waals surface area (Å²) in [6, 6.07) is 7.31. The van der Waals surface area contributed by atoms with Crippen molar-refractivity contribution in [2.24, 2.45) is 0 Å². The highest BCUT2D eigenvalue weighted by Gasteiger charge is 2.19. The van der Waals surface area contributed by atoms with Crippen molar-refractivity contribution in [2.75, 3.05) is 31.1 Å². The molecule has 1 N–H and O–H groups in total. The van der Waals surface area contributed by atoms with Gasteiger partial charge < -0.3 is 21.5 Å². The van der Waals surface area contributed by atoms with Crippen LogP contribution in [0.3, 0.4) is 0 Å². The molecule has 0 spiro atoms. The highest BCUT2D eigenvalue weighted by atomic mass is 79.9. The normalized spacial score (nSPS) is 12.8. The number of quaternary nitrogens is 1. The first-order valence-corrected chi connectivity index (χ1v) is 8.40. The van der Waals surface area contributed by atoms with Crippen LogP contribution >= 0.6 is 0 Å². The third kappa shape index (κ3) is 7.51. The molecule has 1 unspecified atom stereocenters. The van der Waals surface area contributed by atoms with Gasteiger partial charge in [0.05, 0.1) is 13.3 Å². The molecule has 22 heavy (non-hydrogen) atoms. The monoisotopic (exact) mass is 384 g/mol. The summed E-state index contributed by atoms with van der Waals surface area (Å²) in [5.41, 5.74) is 1.64. The quantitative estimate of drug-likeness (QED) is 0.487. The van der Waals surface area contributed by atoms with Gasteiger partial charge in [0.2, 0.25) is 10.0 Å². The Morgan fingerprint density at radius 1 is 1.23 bits per heavy atom. The molecular formula is C16H21BrN2O2S. The molecule has 0 bridgehead atoms. The summed E-state index contributed by atoms with van der Waals surface area (Å²) in [5.74, 6) is 8.66. The van der Waals surface area contributed by atoms with Gasteiger partial charge in [-0.3, -0.25) is 4.72 Å². The molecule has 0 aromatic heterocycles. The predicted molar refractivity (Wildman–Crippen MR) is 86.8 cm³/mol. The van der Waals surface area contributed by atoms with Crippen LogP contribution < -0.4 is 21.7 Å². The van der Waals surface area contributed by atoms with E-state index in [0.717, 1.165) is 18.4 Å². The minimum atomic E-state index is -3.24. The second kappa shape index (κ2) is 8.85. The van der Waals surface area contributed by atoms with Gasteiger partial charge in [0.1, 0.15) is 19.6 Å². The number of anilines is 1. The van der Waals surface area contributed by atoms with Gasteiger partial charge in [0.25, 0.3) is 0 Å². The van der Waals surface area contributed by atoms with Crippen LogP contribution in [0, 0.1) is 24.2 Å². The third-order valence-electron chi connectivity index (χ3n) is 2.93. The summed E-state index contributed by atoms with van der Waals surface area (Å²) < 4.78 is 25.4. The van der Waals surface area contributed by atoms with E-state index in [0.29, 0.717) is 23.3 Å². The fourth-order valence-electron chi connectivity index (χ4n) is 1.99. The van der Waals surface area contributed by atoms with Gasteiger partial charge in [-0.2, -0.15) is 0 Å². The van der Waals surface area contributed by atoms with Crippen LogP contribution in [0.4, 0.5) is 5.69 Å². The zero-order valence-corrected chi connectivity index (χ0v) is 15.5. The average Bonchev–Trinajstić information content (AvgIpc) is 2.37. The minimum absolute atomic E-state index is 0. The highest BCUT2D eigenvalue weighted by molar-refractivity contribution is 7.92. The molecule has 6 heteroatoms. The van der Waals surface area contributed by atoms with Crippen molar-refractivity contribution >= 4 is 15.7 Å². The van der Waals surface area contributed by atoms with Gasteiger partial charge in [0.15, 0.2) is 0 Å². The molecule has 0 amide bonds. The molecule has 0 aliphatic rings. The van der Waals surface area contributed by atoms with Crippen LogP contribution in [-0.4, -0.2) is 39.3 Å². The van der Waals surface area contributed by atoms with Crippen molar-refractivity contribution in [2.45, 2.75) is 13.5 Å². The molecule has 1 aromatic carbocycles. The Labute approximate surface area is 144 Å². The highest BCUT2D eigenvalue weighted by Crippen LogP contribution is 2.15. The molecule has 1 rings (SSSR count). The number of hydrogen-bond donors (Lipinski definition) is 1. The molecule has 0 heterocycles. The Balaban J connectivity index is 0.00000441. The fraction of sp³-hybridized carbons (Fsp3) is 0.375. The number of benzene rings is 1. The van der Waals surface area contributed by atoms with E-state index in [4.69, 9.17) is 6.42 Å². The zero-order valence-electron chi connectivity index (χ0n) is 13.1. The van der Waals surface area contributed by atoms with E-state index >= 15 is 0 Å². The maximum Gasteiger partial charge on any atom is 0.229 e. The Bertz CT molecular complexity index is 682. The van der Waals surface area contributed by atoms with Crippen molar-refractivity contribution in [3.63, 3.8) is 0 Å². The van der Waals surface area contributed by atoms with Gasteiger partial charge in [0, 0.05) is 11.3 Å². The molecular weight excluding hydrogens is 364 g/mol. The largest absolute Gasteiger partial charge is 1.00 e. The maximum atomic E-state index is 11.2. The number of halogens is 1. The van der Waals surface area contributed by atoms with Crippen LogP contribution in [0.2, 0.25) is 0 Å². The lowest BCUT2D eigenvalue weighted by Gasteiger charge is -2.30. The second-order valence-corrected chi connectivity index (χ2v) is 7.04. The number of rotatable bonds is 6. The number of nitrogens with one attached hydrogen (secondary N) is 1. The summed E-state index contributed by atoms with van der Waals surface area (Å²) in [7, 11) is -1.18. The van der Waals surface area contributed by atoms with E-state index in [-0.39, 0.29) is 17.0 Å². The van der Waals surface area contributed by atoms with Gasteiger partial charge >= 0.3 is 0 Å². The number of hydrogen-bond acceptors (Lipinski definition) is 2. The summed E-state index contributed by atoms with van der Waals surface area (Å²) in [5, 5.41) is 0. The maximum absolute atomic E-state index is 11.2. The second-order valence-electron chi connectivity index (χ2n) is 5.30. The van der Waals surface area contributed by atoms with Crippen molar-refractivity contribution in [1.82, 2.24) is 0 Å². The van der Waals surface area contributed by atoms with Gasteiger partial charge in [-0.05, 0) is 30.9 Å². The molecule has 120 valence electrons. The molecule has 0 fully saturated rings. The topological polar surface area (TPSA) is 46.2 Å². The Kier molecular flexibility index (Phi) is 8.26. The van der Waals surface area contributed by atoms with E-state index in [1.165, 1.54) is 0 Å². The molecule has 1 atom stereocenters. The lowest BCUT2D eigenvalue weighted by Crippen LogP contribution is -3.00. The SMILES string of the molecule is C#CC[N+](C)(CC#CC)Cc1ccc(NS(C)(=O)=O)cc1.[Br-]. The molecule has 0 saturated carbocycles. The van der Waals surface area contributed by atoms with Crippen LogP contribution in [0.1, 0.15) is 12.5 Å². The lowest BCUT2D eigenvalue weighted by molar-refractivity contribution is -0.909. The minimum Gasteiger partial charge on any atom is -1.00 e. The molecule has 0 saturated heterocycles. The van der Waals surface area contributed by atoms with Crippen molar-refractivity contribution in [1.29, 1.82) is 0 Å². The van der Waals surface area contributed by atoms with Crippen LogP contribution in [0.5, 0.6) is 0 Å². The van der Waals surface area contributed by atoms with Crippen LogP contribution in [0.15, 0.2) is 24.3 Å². The van der Waals surface area contributed by atoms with E-state index < -0.39 is 10.0 Å². The van der Waals surface area contributed by atoms with E-state index in [1.54, 1.807) is 12.1 Å². The summed E-state index contributed by atoms with van der Waals surface area (Å²) in [4.78, 5) is 0. The Hall–Kier alpha value is -1.47. The van der Waals surface area contributed by atoms with Crippen molar-refractivity contribution in [3.8, 4) is 24.2 Å². The zero-order chi connectivity index (χ0) is 15.9. The van der Waals surface area contributed by atoms with Crippen LogP contribution in [0.25, 0.3) is 0 Å². The fourth-order valence-corrected chi connectivity index (χ4v) is 2.56. The molecule has 0 radical (unpaired) electrons. The number of terminal acetylenes is 1. The van der Waals surface area contributed by atoms with Gasteiger partial charge in [-0.1, -0.05) is 12.1 Å². The van der Waals surface area contributed by atoms with Crippen molar-refractivity contribution in [3.05, 3.63) is 29.8 Å². The summed E-state index contributed by atoms with van der Waals surface area (Å²) >= 11 is 0. The van der Waals surface area contributed by atoms with Crippen LogP contribution in [-0.2, 0) is 16.6 Å². The van der Waals surface area contributed by atoms with Crippen molar-refractivity contribution < 1.29 is 29.9 Å². The number of nitrogens with zero attached hydrogens (tertiary/aromatic N) is 1. The smallest absolute Gasteiger partial charge is 0.229 e. The first-order valence-electron chi connectivity index (χ1n) is 6.51. The number of sulfonamides is 1. The average molecular weight is 385 g/mol. The van der Waals surface area contributed by atoms with E-state index in [1.807, 2.05) is 19.1 Å². The lowest BCUT2D eigenvalue weighted by atomic mass is 10.1. The molecule has 1 aromatic rings. The molecule has 0 aliphatic heterocycles. The van der Waals surface area contributed by atoms with Gasteiger partial charge in [-0.15, -0.1) is 12.3 Å². The third-order valence-corrected chi connectivity index (χ3v) is 3.54. The Morgan fingerprint density at radius 2 is 1.82 bits per heavy atom.